The summed E-state index contributed by atoms with van der Waals surface area (Å²) in [7, 11) is 1.68. The molecule has 41 heavy (non-hydrogen) atoms. The summed E-state index contributed by atoms with van der Waals surface area (Å²) in [5.41, 5.74) is 11.3. The van der Waals surface area contributed by atoms with Crippen molar-refractivity contribution in [1.29, 1.82) is 0 Å². The SMILES string of the molecule is COc1ccccc1N1CCC(CNC(=O)Nc2c(C(C)C)cc(N)cc2C(C)C)(c2cccc(F)c2)CC1.Cl.Cl. The molecular formula is C32H43Cl2FN4O2. The van der Waals surface area contributed by atoms with Crippen LogP contribution in [0.3, 0.4) is 0 Å². The molecule has 0 atom stereocenters. The van der Waals surface area contributed by atoms with Gasteiger partial charge in [-0.05, 0) is 77.8 Å². The Morgan fingerprint density at radius 1 is 0.976 bits per heavy atom. The number of nitrogens with two attached hydrogens (primary N) is 1. The molecule has 1 aliphatic rings. The molecule has 0 bridgehead atoms. The molecule has 3 aromatic carbocycles. The first-order chi connectivity index (χ1) is 18.6. The number of nitrogens with one attached hydrogen (secondary N) is 2. The average Bonchev–Trinajstić information content (AvgIpc) is 2.92. The van der Waals surface area contributed by atoms with Crippen LogP contribution in [0.5, 0.6) is 5.75 Å². The average molecular weight is 606 g/mol. The molecule has 0 spiro atoms. The predicted octanol–water partition coefficient (Wildman–Crippen LogP) is 7.87. The Morgan fingerprint density at radius 3 is 2.15 bits per heavy atom. The number of urea groups is 1. The van der Waals surface area contributed by atoms with Gasteiger partial charge in [0.2, 0.25) is 0 Å². The minimum Gasteiger partial charge on any atom is -0.495 e. The molecule has 224 valence electrons. The number of piperidine rings is 1. The molecule has 3 aromatic rings. The Balaban J connectivity index is 0.00000294. The minimum atomic E-state index is -0.402. The van der Waals surface area contributed by atoms with Crippen molar-refractivity contribution >= 4 is 47.9 Å². The third kappa shape index (κ3) is 7.77. The van der Waals surface area contributed by atoms with Crippen molar-refractivity contribution in [1.82, 2.24) is 5.32 Å². The summed E-state index contributed by atoms with van der Waals surface area (Å²) in [4.78, 5) is 15.6. The molecule has 0 radical (unpaired) electrons. The van der Waals surface area contributed by atoms with Crippen molar-refractivity contribution < 1.29 is 13.9 Å². The number of hydrogen-bond acceptors (Lipinski definition) is 4. The molecular weight excluding hydrogens is 562 g/mol. The number of carbonyl (C=O) groups is 1. The highest BCUT2D eigenvalue weighted by molar-refractivity contribution is 5.92. The molecule has 6 nitrogen and oxygen atoms in total. The van der Waals surface area contributed by atoms with Crippen molar-refractivity contribution in [2.75, 3.05) is 42.7 Å². The summed E-state index contributed by atoms with van der Waals surface area (Å²) in [6.45, 7) is 10.3. The lowest BCUT2D eigenvalue weighted by molar-refractivity contribution is 0.244. The van der Waals surface area contributed by atoms with Crippen LogP contribution in [0, 0.1) is 5.82 Å². The first kappa shape index (κ1) is 34.0. The molecule has 1 saturated heterocycles. The molecule has 4 N–H and O–H groups in total. The lowest BCUT2D eigenvalue weighted by Crippen LogP contribution is -2.50. The summed E-state index contributed by atoms with van der Waals surface area (Å²) >= 11 is 0. The van der Waals surface area contributed by atoms with E-state index in [4.69, 9.17) is 10.5 Å². The van der Waals surface area contributed by atoms with E-state index in [0.29, 0.717) is 12.2 Å². The smallest absolute Gasteiger partial charge is 0.319 e. The molecule has 1 heterocycles. The van der Waals surface area contributed by atoms with Crippen LogP contribution in [0.25, 0.3) is 0 Å². The fourth-order valence-corrected chi connectivity index (χ4v) is 5.63. The fraction of sp³-hybridized carbons (Fsp3) is 0.406. The van der Waals surface area contributed by atoms with Crippen molar-refractivity contribution in [2.45, 2.75) is 57.8 Å². The van der Waals surface area contributed by atoms with E-state index < -0.39 is 5.41 Å². The van der Waals surface area contributed by atoms with Crippen LogP contribution in [0.15, 0.2) is 60.7 Å². The molecule has 0 saturated carbocycles. The van der Waals surface area contributed by atoms with Gasteiger partial charge in [0.1, 0.15) is 11.6 Å². The number of halogens is 3. The molecule has 0 unspecified atom stereocenters. The van der Waals surface area contributed by atoms with Crippen molar-refractivity contribution in [3.8, 4) is 5.75 Å². The number of rotatable bonds is 8. The van der Waals surface area contributed by atoms with E-state index in [1.807, 2.05) is 36.4 Å². The third-order valence-corrected chi connectivity index (χ3v) is 7.87. The highest BCUT2D eigenvalue weighted by Crippen LogP contribution is 2.39. The monoisotopic (exact) mass is 604 g/mol. The van der Waals surface area contributed by atoms with E-state index >= 15 is 0 Å². The number of anilines is 3. The number of hydrogen-bond donors (Lipinski definition) is 3. The van der Waals surface area contributed by atoms with Gasteiger partial charge in [-0.2, -0.15) is 0 Å². The van der Waals surface area contributed by atoms with Gasteiger partial charge < -0.3 is 26.0 Å². The maximum Gasteiger partial charge on any atom is 0.319 e. The molecule has 1 aliphatic heterocycles. The van der Waals surface area contributed by atoms with Crippen LogP contribution in [0.4, 0.5) is 26.2 Å². The molecule has 4 rings (SSSR count). The Bertz CT molecular complexity index is 1280. The number of benzene rings is 3. The number of methoxy groups -OCH3 is 1. The Labute approximate surface area is 256 Å². The Morgan fingerprint density at radius 2 is 1.59 bits per heavy atom. The summed E-state index contributed by atoms with van der Waals surface area (Å²) in [5.74, 6) is 0.950. The Kier molecular flexibility index (Phi) is 12.2. The molecule has 1 fully saturated rings. The zero-order chi connectivity index (χ0) is 28.2. The van der Waals surface area contributed by atoms with Gasteiger partial charge >= 0.3 is 6.03 Å². The van der Waals surface area contributed by atoms with E-state index in [9.17, 15) is 9.18 Å². The highest BCUT2D eigenvalue weighted by atomic mass is 35.5. The third-order valence-electron chi connectivity index (χ3n) is 7.87. The topological polar surface area (TPSA) is 79.6 Å². The largest absolute Gasteiger partial charge is 0.495 e. The first-order valence-corrected chi connectivity index (χ1v) is 13.8. The van der Waals surface area contributed by atoms with Crippen molar-refractivity contribution in [3.05, 3.63) is 83.2 Å². The number of carbonyl (C=O) groups excluding carboxylic acids is 1. The van der Waals surface area contributed by atoms with Gasteiger partial charge in [0.15, 0.2) is 0 Å². The van der Waals surface area contributed by atoms with Gasteiger partial charge in [0.05, 0.1) is 12.8 Å². The highest BCUT2D eigenvalue weighted by Gasteiger charge is 2.37. The Hall–Kier alpha value is -3.16. The van der Waals surface area contributed by atoms with Gasteiger partial charge in [-0.25, -0.2) is 9.18 Å². The number of para-hydroxylation sites is 2. The van der Waals surface area contributed by atoms with E-state index in [1.165, 1.54) is 6.07 Å². The summed E-state index contributed by atoms with van der Waals surface area (Å²) in [5, 5.41) is 6.27. The normalized spacial score (nSPS) is 14.2. The van der Waals surface area contributed by atoms with Crippen LogP contribution < -0.4 is 26.0 Å². The lowest BCUT2D eigenvalue weighted by atomic mass is 9.72. The minimum absolute atomic E-state index is 0. The van der Waals surface area contributed by atoms with Crippen LogP contribution >= 0.6 is 24.8 Å². The maximum atomic E-state index is 14.4. The zero-order valence-electron chi connectivity index (χ0n) is 24.5. The second-order valence-corrected chi connectivity index (χ2v) is 11.1. The number of amides is 2. The molecule has 2 amide bonds. The van der Waals surface area contributed by atoms with Gasteiger partial charge in [0.25, 0.3) is 0 Å². The van der Waals surface area contributed by atoms with E-state index in [-0.39, 0.29) is 48.5 Å². The second-order valence-electron chi connectivity index (χ2n) is 11.1. The summed E-state index contributed by atoms with van der Waals surface area (Å²) in [6, 6.07) is 18.4. The summed E-state index contributed by atoms with van der Waals surface area (Å²) in [6.07, 6.45) is 1.51. The summed E-state index contributed by atoms with van der Waals surface area (Å²) < 4.78 is 19.9. The van der Waals surface area contributed by atoms with Gasteiger partial charge in [-0.15, -0.1) is 24.8 Å². The fourth-order valence-electron chi connectivity index (χ4n) is 5.63. The van der Waals surface area contributed by atoms with E-state index in [1.54, 1.807) is 19.2 Å². The zero-order valence-corrected chi connectivity index (χ0v) is 26.1. The van der Waals surface area contributed by atoms with E-state index in [2.05, 4.69) is 49.3 Å². The van der Waals surface area contributed by atoms with Gasteiger partial charge in [-0.1, -0.05) is 52.0 Å². The second kappa shape index (κ2) is 14.6. The number of nitrogens with zero attached hydrogens (tertiary/aromatic N) is 1. The number of ether oxygens (including phenoxy) is 1. The van der Waals surface area contributed by atoms with Crippen LogP contribution in [0.1, 0.15) is 69.1 Å². The van der Waals surface area contributed by atoms with Gasteiger partial charge in [0, 0.05) is 36.4 Å². The van der Waals surface area contributed by atoms with E-state index in [0.717, 1.165) is 59.7 Å². The van der Waals surface area contributed by atoms with Crippen LogP contribution in [0.2, 0.25) is 0 Å². The van der Waals surface area contributed by atoms with Crippen molar-refractivity contribution in [3.63, 3.8) is 0 Å². The molecule has 0 aliphatic carbocycles. The predicted molar refractivity (Wildman–Crippen MR) is 173 cm³/mol. The van der Waals surface area contributed by atoms with Gasteiger partial charge in [-0.3, -0.25) is 0 Å². The lowest BCUT2D eigenvalue weighted by Gasteiger charge is -2.43. The molecule has 0 aromatic heterocycles. The first-order valence-electron chi connectivity index (χ1n) is 13.8. The maximum absolute atomic E-state index is 14.4. The molecule has 9 heteroatoms. The standard InChI is InChI=1S/C32H41FN4O2.2ClH/c1-21(2)26-18-25(34)19-27(22(3)4)30(26)36-31(38)35-20-32(23-9-8-10-24(33)17-23)13-15-37(16-14-32)28-11-6-7-12-29(28)39-5;;/h6-12,17-19,21-22H,13-16,20,34H2,1-5H3,(H2,35,36,38);2*1H. The number of nitrogen functional groups attached to an aromatic ring is 1. The van der Waals surface area contributed by atoms with Crippen LogP contribution in [-0.4, -0.2) is 32.8 Å². The quantitative estimate of drug-likeness (QED) is 0.229. The van der Waals surface area contributed by atoms with Crippen LogP contribution in [-0.2, 0) is 5.41 Å². The van der Waals surface area contributed by atoms with Crippen molar-refractivity contribution in [2.24, 2.45) is 0 Å².